The van der Waals surface area contributed by atoms with Gasteiger partial charge in [0.15, 0.2) is 0 Å². The predicted molar refractivity (Wildman–Crippen MR) is 51.8 cm³/mol. The van der Waals surface area contributed by atoms with Crippen LogP contribution in [0.15, 0.2) is 0 Å². The Balaban J connectivity index is 3.10. The molecule has 0 spiro atoms. The average Bonchev–Trinajstić information content (AvgIpc) is 1.97. The Hall–Kier alpha value is -0.0400. The Morgan fingerprint density at radius 2 is 1.73 bits per heavy atom. The van der Waals surface area contributed by atoms with Crippen LogP contribution in [0.4, 0.5) is 0 Å². The van der Waals surface area contributed by atoms with Crippen molar-refractivity contribution in [2.75, 3.05) is 13.1 Å². The summed E-state index contributed by atoms with van der Waals surface area (Å²) >= 11 is 0. The second-order valence-electron chi connectivity index (χ2n) is 3.76. The summed E-state index contributed by atoms with van der Waals surface area (Å²) in [6, 6.07) is 0. The van der Waals surface area contributed by atoms with Crippen molar-refractivity contribution in [1.29, 1.82) is 0 Å². The molecule has 1 nitrogen and oxygen atoms in total. The molecule has 0 aliphatic carbocycles. The maximum atomic E-state index is 3.42. The van der Waals surface area contributed by atoms with Crippen molar-refractivity contribution >= 4 is 0 Å². The zero-order valence-corrected chi connectivity index (χ0v) is 8.48. The largest absolute Gasteiger partial charge is 0.317 e. The highest BCUT2D eigenvalue weighted by molar-refractivity contribution is 4.58. The van der Waals surface area contributed by atoms with Gasteiger partial charge in [-0.1, -0.05) is 27.7 Å². The Kier molecular flexibility index (Phi) is 6.63. The van der Waals surface area contributed by atoms with Gasteiger partial charge in [-0.3, -0.25) is 0 Å². The molecule has 0 aromatic rings. The van der Waals surface area contributed by atoms with E-state index in [0.717, 1.165) is 11.8 Å². The molecule has 0 aromatic carbocycles. The van der Waals surface area contributed by atoms with Gasteiger partial charge in [0.25, 0.3) is 0 Å². The molecule has 0 aliphatic rings. The molecule has 11 heavy (non-hydrogen) atoms. The molecule has 1 N–H and O–H groups in total. The summed E-state index contributed by atoms with van der Waals surface area (Å²) in [6.07, 6.45) is 2.56. The van der Waals surface area contributed by atoms with Crippen LogP contribution in [0.3, 0.4) is 0 Å². The van der Waals surface area contributed by atoms with Crippen molar-refractivity contribution < 1.29 is 0 Å². The Labute approximate surface area is 71.6 Å². The van der Waals surface area contributed by atoms with Crippen LogP contribution in [0.5, 0.6) is 0 Å². The van der Waals surface area contributed by atoms with Crippen LogP contribution in [0.2, 0.25) is 0 Å². The van der Waals surface area contributed by atoms with Gasteiger partial charge in [-0.05, 0) is 37.8 Å². The first-order valence-corrected chi connectivity index (χ1v) is 4.89. The van der Waals surface area contributed by atoms with Crippen molar-refractivity contribution in [2.45, 2.75) is 40.5 Å². The summed E-state index contributed by atoms with van der Waals surface area (Å²) in [6.45, 7) is 11.5. The van der Waals surface area contributed by atoms with Crippen LogP contribution >= 0.6 is 0 Å². The number of nitrogens with one attached hydrogen (secondary N) is 1. The standard InChI is InChI=1S/C10H23N/c1-5-7-11-8-6-10(4)9(2)3/h9-11H,5-8H2,1-4H3/t10-/m0/s1. The van der Waals surface area contributed by atoms with E-state index in [1.165, 1.54) is 25.9 Å². The quantitative estimate of drug-likeness (QED) is 0.584. The van der Waals surface area contributed by atoms with Gasteiger partial charge in [-0.25, -0.2) is 0 Å². The van der Waals surface area contributed by atoms with E-state index in [2.05, 4.69) is 33.0 Å². The van der Waals surface area contributed by atoms with Gasteiger partial charge in [0.2, 0.25) is 0 Å². The van der Waals surface area contributed by atoms with Gasteiger partial charge in [0.05, 0.1) is 0 Å². The minimum Gasteiger partial charge on any atom is -0.317 e. The van der Waals surface area contributed by atoms with Crippen LogP contribution in [0, 0.1) is 11.8 Å². The van der Waals surface area contributed by atoms with E-state index < -0.39 is 0 Å². The van der Waals surface area contributed by atoms with Crippen LogP contribution in [0.25, 0.3) is 0 Å². The van der Waals surface area contributed by atoms with Crippen molar-refractivity contribution in [3.8, 4) is 0 Å². The molecule has 0 rings (SSSR count). The second-order valence-corrected chi connectivity index (χ2v) is 3.76. The van der Waals surface area contributed by atoms with Crippen LogP contribution in [-0.4, -0.2) is 13.1 Å². The molecule has 0 saturated heterocycles. The van der Waals surface area contributed by atoms with Gasteiger partial charge in [-0.15, -0.1) is 0 Å². The lowest BCUT2D eigenvalue weighted by Gasteiger charge is -2.15. The zero-order chi connectivity index (χ0) is 8.69. The number of hydrogen-bond acceptors (Lipinski definition) is 1. The molecule has 1 atom stereocenters. The third kappa shape index (κ3) is 6.36. The minimum atomic E-state index is 0.832. The first-order valence-electron chi connectivity index (χ1n) is 4.89. The van der Waals surface area contributed by atoms with E-state index in [9.17, 15) is 0 Å². The van der Waals surface area contributed by atoms with Gasteiger partial charge in [0.1, 0.15) is 0 Å². The molecule has 0 aliphatic heterocycles. The Morgan fingerprint density at radius 3 is 2.18 bits per heavy atom. The lowest BCUT2D eigenvalue weighted by Crippen LogP contribution is -2.19. The molecule has 1 heteroatoms. The van der Waals surface area contributed by atoms with E-state index in [0.29, 0.717) is 0 Å². The van der Waals surface area contributed by atoms with E-state index in [1.54, 1.807) is 0 Å². The van der Waals surface area contributed by atoms with Crippen LogP contribution in [0.1, 0.15) is 40.5 Å². The van der Waals surface area contributed by atoms with Crippen LogP contribution < -0.4 is 5.32 Å². The highest BCUT2D eigenvalue weighted by Crippen LogP contribution is 2.12. The highest BCUT2D eigenvalue weighted by Gasteiger charge is 2.05. The fraction of sp³-hybridized carbons (Fsp3) is 1.00. The van der Waals surface area contributed by atoms with E-state index in [4.69, 9.17) is 0 Å². The number of hydrogen-bond donors (Lipinski definition) is 1. The third-order valence-corrected chi connectivity index (χ3v) is 2.34. The molecule has 0 heterocycles. The molecule has 0 aromatic heterocycles. The average molecular weight is 157 g/mol. The third-order valence-electron chi connectivity index (χ3n) is 2.34. The molecule has 0 radical (unpaired) electrons. The van der Waals surface area contributed by atoms with E-state index in [-0.39, 0.29) is 0 Å². The maximum Gasteiger partial charge on any atom is -0.00463 e. The maximum absolute atomic E-state index is 3.42. The van der Waals surface area contributed by atoms with Crippen molar-refractivity contribution in [3.63, 3.8) is 0 Å². The van der Waals surface area contributed by atoms with Gasteiger partial charge < -0.3 is 5.32 Å². The summed E-state index contributed by atoms with van der Waals surface area (Å²) in [5, 5.41) is 3.42. The first-order chi connectivity index (χ1) is 5.18. The smallest absolute Gasteiger partial charge is 0.00463 e. The lowest BCUT2D eigenvalue weighted by atomic mass is 9.95. The van der Waals surface area contributed by atoms with Crippen molar-refractivity contribution in [1.82, 2.24) is 5.32 Å². The summed E-state index contributed by atoms with van der Waals surface area (Å²) in [5.74, 6) is 1.69. The molecule has 0 saturated carbocycles. The molecule has 0 unspecified atom stereocenters. The fourth-order valence-electron chi connectivity index (χ4n) is 0.965. The molecule has 0 bridgehead atoms. The van der Waals surface area contributed by atoms with E-state index >= 15 is 0 Å². The second kappa shape index (κ2) is 6.66. The topological polar surface area (TPSA) is 12.0 Å². The SMILES string of the molecule is CCCNCC[C@H](C)C(C)C. The van der Waals surface area contributed by atoms with Crippen molar-refractivity contribution in [2.24, 2.45) is 11.8 Å². The van der Waals surface area contributed by atoms with Gasteiger partial charge in [0, 0.05) is 0 Å². The minimum absolute atomic E-state index is 0.832. The normalized spacial score (nSPS) is 13.9. The Morgan fingerprint density at radius 1 is 1.09 bits per heavy atom. The first kappa shape index (κ1) is 11.0. The zero-order valence-electron chi connectivity index (χ0n) is 8.48. The lowest BCUT2D eigenvalue weighted by molar-refractivity contribution is 0.383. The summed E-state index contributed by atoms with van der Waals surface area (Å²) in [7, 11) is 0. The van der Waals surface area contributed by atoms with Crippen molar-refractivity contribution in [3.05, 3.63) is 0 Å². The van der Waals surface area contributed by atoms with Crippen LogP contribution in [-0.2, 0) is 0 Å². The summed E-state index contributed by atoms with van der Waals surface area (Å²) in [5.41, 5.74) is 0. The Bertz CT molecular complexity index is 78.9. The van der Waals surface area contributed by atoms with Gasteiger partial charge in [-0.2, -0.15) is 0 Å². The molecular weight excluding hydrogens is 134 g/mol. The molecular formula is C10H23N. The fourth-order valence-corrected chi connectivity index (χ4v) is 0.965. The highest BCUT2D eigenvalue weighted by atomic mass is 14.8. The predicted octanol–water partition coefficient (Wildman–Crippen LogP) is 2.67. The molecule has 68 valence electrons. The molecule has 0 amide bonds. The molecule has 0 fully saturated rings. The number of rotatable bonds is 6. The van der Waals surface area contributed by atoms with E-state index in [1.807, 2.05) is 0 Å². The van der Waals surface area contributed by atoms with Gasteiger partial charge >= 0.3 is 0 Å². The monoisotopic (exact) mass is 157 g/mol. The summed E-state index contributed by atoms with van der Waals surface area (Å²) in [4.78, 5) is 0. The summed E-state index contributed by atoms with van der Waals surface area (Å²) < 4.78 is 0.